The maximum absolute atomic E-state index is 6.81. The Morgan fingerprint density at radius 3 is 2.29 bits per heavy atom. The average molecular weight is 389 g/mol. The minimum atomic E-state index is -0.171. The molecule has 4 heteroatoms. The number of nitrogen functional groups attached to an aromatic ring is 1. The van der Waals surface area contributed by atoms with E-state index in [0.29, 0.717) is 0 Å². The molecular weight excluding hydrogens is 364 g/mol. The summed E-state index contributed by atoms with van der Waals surface area (Å²) in [6, 6.07) is 27.5. The summed E-state index contributed by atoms with van der Waals surface area (Å²) < 4.78 is 9.25. The number of nitrogens with zero attached hydrogens (tertiary/aromatic N) is 1. The molecule has 0 aliphatic carbocycles. The molecule has 142 valence electrons. The molecule has 2 aliphatic rings. The fourth-order valence-corrected chi connectivity index (χ4v) is 5.29. The molecule has 2 heterocycles. The van der Waals surface area contributed by atoms with E-state index < -0.39 is 0 Å². The first kappa shape index (κ1) is 17.8. The van der Waals surface area contributed by atoms with Crippen LogP contribution in [0.15, 0.2) is 83.8 Å². The summed E-state index contributed by atoms with van der Waals surface area (Å²) in [6.45, 7) is 2.01. The lowest BCUT2D eigenvalue weighted by molar-refractivity contribution is -0.0876. The molecule has 2 aliphatic heterocycles. The zero-order valence-electron chi connectivity index (χ0n) is 15.8. The standard InChI is InChI=1S/C24H24N2OS/c25-19-10-12-20(13-11-19)28-26-16-14-24(15-17-26)22-9-5-4-8-21(22)23(27-24)18-6-2-1-3-7-18/h1-13,23H,14-17,25H2. The van der Waals surface area contributed by atoms with Crippen molar-refractivity contribution >= 4 is 17.6 Å². The van der Waals surface area contributed by atoms with Crippen LogP contribution in [0.3, 0.4) is 0 Å². The van der Waals surface area contributed by atoms with Gasteiger partial charge < -0.3 is 10.5 Å². The molecule has 0 aromatic heterocycles. The van der Waals surface area contributed by atoms with Crippen LogP contribution in [0, 0.1) is 0 Å². The lowest BCUT2D eigenvalue weighted by Crippen LogP contribution is -2.39. The first-order valence-corrected chi connectivity index (χ1v) is 10.6. The van der Waals surface area contributed by atoms with Crippen LogP contribution in [0.25, 0.3) is 0 Å². The van der Waals surface area contributed by atoms with Crippen molar-refractivity contribution in [1.29, 1.82) is 0 Å². The Labute approximate surface area is 170 Å². The molecule has 1 fully saturated rings. The van der Waals surface area contributed by atoms with Crippen LogP contribution in [0.4, 0.5) is 5.69 Å². The van der Waals surface area contributed by atoms with Crippen LogP contribution in [-0.4, -0.2) is 17.4 Å². The molecule has 0 radical (unpaired) electrons. The number of rotatable bonds is 3. The van der Waals surface area contributed by atoms with E-state index in [0.717, 1.165) is 31.6 Å². The van der Waals surface area contributed by atoms with Gasteiger partial charge in [-0.25, -0.2) is 4.31 Å². The van der Waals surface area contributed by atoms with E-state index >= 15 is 0 Å². The SMILES string of the molecule is Nc1ccc(SN2CCC3(CC2)OC(c2ccccc2)c2ccccc23)cc1. The monoisotopic (exact) mass is 388 g/mol. The van der Waals surface area contributed by atoms with Crippen molar-refractivity contribution < 1.29 is 4.74 Å². The summed E-state index contributed by atoms with van der Waals surface area (Å²) in [4.78, 5) is 1.24. The second kappa shape index (κ2) is 7.28. The summed E-state index contributed by atoms with van der Waals surface area (Å²) in [5.41, 5.74) is 10.4. The molecule has 1 unspecified atom stereocenters. The molecule has 0 saturated carbocycles. The van der Waals surface area contributed by atoms with E-state index in [2.05, 4.69) is 71.0 Å². The van der Waals surface area contributed by atoms with E-state index in [9.17, 15) is 0 Å². The highest BCUT2D eigenvalue weighted by Crippen LogP contribution is 2.52. The lowest BCUT2D eigenvalue weighted by atomic mass is 9.84. The number of piperidine rings is 1. The zero-order chi connectivity index (χ0) is 19.0. The smallest absolute Gasteiger partial charge is 0.109 e. The Hall–Kier alpha value is -2.27. The third-order valence-corrected chi connectivity index (χ3v) is 6.93. The maximum atomic E-state index is 6.81. The third kappa shape index (κ3) is 3.22. The Morgan fingerprint density at radius 2 is 1.54 bits per heavy atom. The van der Waals surface area contributed by atoms with Crippen molar-refractivity contribution in [2.24, 2.45) is 0 Å². The molecule has 1 saturated heterocycles. The van der Waals surface area contributed by atoms with Crippen LogP contribution in [0.2, 0.25) is 0 Å². The Balaban J connectivity index is 1.36. The number of fused-ring (bicyclic) bond motifs is 2. The number of nitrogens with two attached hydrogens (primary N) is 1. The molecule has 2 N–H and O–H groups in total. The van der Waals surface area contributed by atoms with Gasteiger partial charge in [0.05, 0.1) is 5.60 Å². The third-order valence-electron chi connectivity index (χ3n) is 5.82. The van der Waals surface area contributed by atoms with E-state index in [1.165, 1.54) is 21.6 Å². The first-order valence-electron chi connectivity index (χ1n) is 9.84. The summed E-state index contributed by atoms with van der Waals surface area (Å²) in [6.07, 6.45) is 2.05. The molecular formula is C24H24N2OS. The van der Waals surface area contributed by atoms with Crippen molar-refractivity contribution in [1.82, 2.24) is 4.31 Å². The number of hydrogen-bond acceptors (Lipinski definition) is 4. The summed E-state index contributed by atoms with van der Waals surface area (Å²) in [7, 11) is 0. The van der Waals surface area contributed by atoms with Gasteiger partial charge in [0, 0.05) is 23.7 Å². The van der Waals surface area contributed by atoms with Gasteiger partial charge in [0.1, 0.15) is 6.10 Å². The summed E-state index contributed by atoms with van der Waals surface area (Å²) in [5, 5.41) is 0. The predicted molar refractivity (Wildman–Crippen MR) is 115 cm³/mol. The average Bonchev–Trinajstić information content (AvgIpc) is 3.07. The fourth-order valence-electron chi connectivity index (χ4n) is 4.37. The quantitative estimate of drug-likeness (QED) is 0.482. The topological polar surface area (TPSA) is 38.5 Å². The first-order chi connectivity index (χ1) is 13.7. The maximum Gasteiger partial charge on any atom is 0.109 e. The van der Waals surface area contributed by atoms with Crippen molar-refractivity contribution in [2.75, 3.05) is 18.8 Å². The lowest BCUT2D eigenvalue weighted by Gasteiger charge is -2.39. The molecule has 1 atom stereocenters. The van der Waals surface area contributed by atoms with Crippen molar-refractivity contribution in [3.05, 3.63) is 95.6 Å². The highest BCUT2D eigenvalue weighted by Gasteiger charge is 2.47. The second-order valence-electron chi connectivity index (χ2n) is 7.58. The normalized spacial score (nSPS) is 20.9. The Morgan fingerprint density at radius 1 is 0.857 bits per heavy atom. The number of hydrogen-bond donors (Lipinski definition) is 1. The number of ether oxygens (including phenoxy) is 1. The minimum Gasteiger partial charge on any atom is -0.399 e. The molecule has 3 aromatic rings. The summed E-state index contributed by atoms with van der Waals surface area (Å²) in [5.74, 6) is 0. The van der Waals surface area contributed by atoms with Crippen LogP contribution in [0.1, 0.15) is 35.6 Å². The van der Waals surface area contributed by atoms with Crippen molar-refractivity contribution in [3.63, 3.8) is 0 Å². The van der Waals surface area contributed by atoms with Crippen LogP contribution < -0.4 is 5.73 Å². The minimum absolute atomic E-state index is 0.0358. The predicted octanol–water partition coefficient (Wildman–Crippen LogP) is 5.39. The van der Waals surface area contributed by atoms with E-state index in [1.54, 1.807) is 0 Å². The van der Waals surface area contributed by atoms with Crippen molar-refractivity contribution in [3.8, 4) is 0 Å². The fraction of sp³-hybridized carbons (Fsp3) is 0.250. The van der Waals surface area contributed by atoms with Gasteiger partial charge in [-0.3, -0.25) is 0 Å². The van der Waals surface area contributed by atoms with Crippen LogP contribution >= 0.6 is 11.9 Å². The van der Waals surface area contributed by atoms with Gasteiger partial charge >= 0.3 is 0 Å². The highest BCUT2D eigenvalue weighted by atomic mass is 32.2. The highest BCUT2D eigenvalue weighted by molar-refractivity contribution is 7.97. The van der Waals surface area contributed by atoms with Crippen molar-refractivity contribution in [2.45, 2.75) is 29.4 Å². The van der Waals surface area contributed by atoms with Crippen LogP contribution in [-0.2, 0) is 10.3 Å². The Kier molecular flexibility index (Phi) is 4.63. The molecule has 3 nitrogen and oxygen atoms in total. The summed E-state index contributed by atoms with van der Waals surface area (Å²) >= 11 is 1.82. The number of anilines is 1. The molecule has 1 spiro atoms. The van der Waals surface area contributed by atoms with Gasteiger partial charge in [-0.1, -0.05) is 54.6 Å². The molecule has 3 aromatic carbocycles. The van der Waals surface area contributed by atoms with E-state index in [4.69, 9.17) is 10.5 Å². The zero-order valence-corrected chi connectivity index (χ0v) is 16.6. The van der Waals surface area contributed by atoms with Crippen LogP contribution in [0.5, 0.6) is 0 Å². The van der Waals surface area contributed by atoms with Gasteiger partial charge in [-0.05, 0) is 65.7 Å². The second-order valence-corrected chi connectivity index (χ2v) is 8.75. The molecule has 0 amide bonds. The van der Waals surface area contributed by atoms with E-state index in [1.807, 2.05) is 24.1 Å². The van der Waals surface area contributed by atoms with Gasteiger partial charge in [-0.15, -0.1) is 0 Å². The van der Waals surface area contributed by atoms with Gasteiger partial charge in [0.25, 0.3) is 0 Å². The molecule has 28 heavy (non-hydrogen) atoms. The Bertz CT molecular complexity index is 950. The van der Waals surface area contributed by atoms with E-state index in [-0.39, 0.29) is 11.7 Å². The van der Waals surface area contributed by atoms with Gasteiger partial charge in [0.2, 0.25) is 0 Å². The number of benzene rings is 3. The van der Waals surface area contributed by atoms with Gasteiger partial charge in [-0.2, -0.15) is 0 Å². The molecule has 5 rings (SSSR count). The largest absolute Gasteiger partial charge is 0.399 e. The molecule has 0 bridgehead atoms. The van der Waals surface area contributed by atoms with Gasteiger partial charge in [0.15, 0.2) is 0 Å².